The number of alkyl halides is 6. The highest BCUT2D eigenvalue weighted by Crippen LogP contribution is 2.38. The number of allylic oxidation sites excluding steroid dienone is 1. The highest BCUT2D eigenvalue weighted by atomic mass is 35.5. The van der Waals surface area contributed by atoms with E-state index in [1.54, 1.807) is 20.2 Å². The van der Waals surface area contributed by atoms with E-state index >= 15 is 0 Å². The predicted octanol–water partition coefficient (Wildman–Crippen LogP) is 0.279. The van der Waals surface area contributed by atoms with Gasteiger partial charge in [0.05, 0.1) is 42.8 Å². The smallest absolute Gasteiger partial charge is 0.416 e. The molecule has 9 atom stereocenters. The summed E-state index contributed by atoms with van der Waals surface area (Å²) < 4.78 is 83.7. The van der Waals surface area contributed by atoms with Gasteiger partial charge in [-0.25, -0.2) is 0 Å². The Hall–Kier alpha value is -3.16. The summed E-state index contributed by atoms with van der Waals surface area (Å²) >= 11 is 5.94. The van der Waals surface area contributed by atoms with Gasteiger partial charge in [0.25, 0.3) is 5.91 Å². The van der Waals surface area contributed by atoms with Crippen LogP contribution in [-0.2, 0) is 17.1 Å². The molecular formula is C34H48ClF6N3O12. The van der Waals surface area contributed by atoms with Crippen LogP contribution in [0.1, 0.15) is 46.0 Å². The van der Waals surface area contributed by atoms with Crippen LogP contribution >= 0.6 is 11.6 Å². The molecule has 2 aromatic carbocycles. The summed E-state index contributed by atoms with van der Waals surface area (Å²) in [4.78, 5) is 12.7. The Balaban J connectivity index is 0.000000501. The molecule has 0 saturated carbocycles. The van der Waals surface area contributed by atoms with E-state index in [2.05, 4.69) is 16.0 Å². The van der Waals surface area contributed by atoms with Crippen LogP contribution in [0.5, 0.6) is 0 Å². The van der Waals surface area contributed by atoms with Gasteiger partial charge in [0, 0.05) is 34.9 Å². The normalized spacial score (nSPS) is 18.7. The molecule has 3 rings (SSSR count). The number of aliphatic hydroxyl groups excluding tert-OH is 10. The number of carbonyl (C=O) groups excluding carboxylic acids is 1. The van der Waals surface area contributed by atoms with Crippen molar-refractivity contribution < 1.29 is 86.9 Å². The largest absolute Gasteiger partial charge is 0.494 e. The molecule has 0 aromatic heterocycles. The minimum Gasteiger partial charge on any atom is -0.494 e. The molecule has 1 amide bonds. The van der Waals surface area contributed by atoms with E-state index in [0.29, 0.717) is 30.5 Å². The molecule has 56 heavy (non-hydrogen) atoms. The van der Waals surface area contributed by atoms with E-state index in [1.807, 2.05) is 0 Å². The fourth-order valence-electron chi connectivity index (χ4n) is 4.78. The lowest BCUT2D eigenvalue weighted by molar-refractivity contribution is -0.143. The molecule has 0 fully saturated rings. The second kappa shape index (κ2) is 23.9. The number of benzene rings is 2. The Bertz CT molecular complexity index is 1450. The fraction of sp³-hybridized carbons (Fsp3) is 0.559. The lowest BCUT2D eigenvalue weighted by Gasteiger charge is -2.25. The summed E-state index contributed by atoms with van der Waals surface area (Å²) in [6.45, 7) is -1.14. The molecule has 0 radical (unpaired) electrons. The quantitative estimate of drug-likeness (QED) is 0.108. The number of halogens is 7. The monoisotopic (exact) mass is 839 g/mol. The molecule has 1 aliphatic rings. The van der Waals surface area contributed by atoms with E-state index in [9.17, 15) is 41.4 Å². The minimum atomic E-state index is -5.02. The van der Waals surface area contributed by atoms with Crippen molar-refractivity contribution in [1.82, 2.24) is 10.6 Å². The first-order chi connectivity index (χ1) is 26.0. The van der Waals surface area contributed by atoms with Gasteiger partial charge < -0.3 is 71.8 Å². The first kappa shape index (κ1) is 50.9. The van der Waals surface area contributed by atoms with Gasteiger partial charge in [-0.05, 0) is 63.3 Å². The summed E-state index contributed by atoms with van der Waals surface area (Å²) in [6.07, 6.45) is -17.4. The SMILES string of the molecule is CNC[C@H](O)[C@@H](O)[C@H](O)[C@H](O)CO.CNC[C@H](O)[C@@H](O)[C@H](O)[C@H](O)CO.O=C(Nc1cc(C(F)(F)F)cc(C(F)(F)F)c1)c1cc(Cl)ccc1C1CCC=CO1. The molecule has 0 bridgehead atoms. The first-order valence-corrected chi connectivity index (χ1v) is 17.1. The molecule has 22 heteroatoms. The Labute approximate surface area is 322 Å². The van der Waals surface area contributed by atoms with Crippen molar-refractivity contribution >= 4 is 23.2 Å². The molecular weight excluding hydrogens is 792 g/mol. The highest BCUT2D eigenvalue weighted by Gasteiger charge is 2.37. The van der Waals surface area contributed by atoms with Crippen LogP contribution in [-0.4, -0.2) is 146 Å². The Morgan fingerprint density at radius 3 is 1.57 bits per heavy atom. The molecule has 1 unspecified atom stereocenters. The zero-order valence-electron chi connectivity index (χ0n) is 30.0. The molecule has 320 valence electrons. The topological polar surface area (TPSA) is 265 Å². The lowest BCUT2D eigenvalue weighted by Crippen LogP contribution is -2.48. The van der Waals surface area contributed by atoms with Crippen molar-refractivity contribution in [2.45, 2.75) is 80.1 Å². The number of anilines is 1. The first-order valence-electron chi connectivity index (χ1n) is 16.7. The number of ether oxygens (including phenoxy) is 1. The second-order valence-corrected chi connectivity index (χ2v) is 12.7. The van der Waals surface area contributed by atoms with Gasteiger partial charge in [0.15, 0.2) is 0 Å². The number of aliphatic hydroxyl groups is 10. The third-order valence-corrected chi connectivity index (χ3v) is 8.10. The van der Waals surface area contributed by atoms with Gasteiger partial charge in [-0.3, -0.25) is 4.79 Å². The molecule has 15 nitrogen and oxygen atoms in total. The maximum absolute atomic E-state index is 13.0. The number of likely N-dealkylation sites (N-methyl/N-ethyl adjacent to an activating group) is 2. The average molecular weight is 840 g/mol. The number of amides is 1. The van der Waals surface area contributed by atoms with Crippen molar-refractivity contribution in [3.63, 3.8) is 0 Å². The van der Waals surface area contributed by atoms with Gasteiger partial charge in [-0.1, -0.05) is 17.7 Å². The van der Waals surface area contributed by atoms with Crippen LogP contribution in [0.2, 0.25) is 5.02 Å². The van der Waals surface area contributed by atoms with Crippen molar-refractivity contribution in [2.75, 3.05) is 45.7 Å². The molecule has 0 spiro atoms. The van der Waals surface area contributed by atoms with Gasteiger partial charge in [0.2, 0.25) is 0 Å². The number of rotatable bonds is 15. The Morgan fingerprint density at radius 2 is 1.20 bits per heavy atom. The molecule has 2 aromatic rings. The Morgan fingerprint density at radius 1 is 0.750 bits per heavy atom. The number of hydrogen-bond donors (Lipinski definition) is 13. The zero-order chi connectivity index (χ0) is 43.0. The summed E-state index contributed by atoms with van der Waals surface area (Å²) in [5.41, 5.74) is -3.28. The fourth-order valence-corrected chi connectivity index (χ4v) is 4.95. The van der Waals surface area contributed by atoms with E-state index in [0.717, 1.165) is 0 Å². The Kier molecular flexibility index (Phi) is 21.7. The van der Waals surface area contributed by atoms with Crippen molar-refractivity contribution in [3.05, 3.63) is 76.0 Å². The van der Waals surface area contributed by atoms with E-state index in [1.165, 1.54) is 24.5 Å². The maximum atomic E-state index is 13.0. The van der Waals surface area contributed by atoms with Crippen LogP contribution in [0.25, 0.3) is 0 Å². The van der Waals surface area contributed by atoms with Crippen LogP contribution < -0.4 is 16.0 Å². The minimum absolute atomic E-state index is 0.00577. The maximum Gasteiger partial charge on any atom is 0.416 e. The van der Waals surface area contributed by atoms with Crippen LogP contribution in [0.4, 0.5) is 32.0 Å². The lowest BCUT2D eigenvalue weighted by atomic mass is 9.97. The second-order valence-electron chi connectivity index (χ2n) is 12.3. The summed E-state index contributed by atoms with van der Waals surface area (Å²) in [6, 6.07) is 5.21. The van der Waals surface area contributed by atoms with Gasteiger partial charge in [-0.15, -0.1) is 0 Å². The molecule has 0 saturated heterocycles. The standard InChI is InChI=1S/C20H14ClF6NO2.2C7H17NO5/c21-13-4-5-15(17-3-1-2-6-30-17)16(10-13)18(29)28-14-8-11(19(22,23)24)7-12(9-14)20(25,26)27;2*1-8-2-4(10)6(12)7(13)5(11)3-9/h2,4-10,17H,1,3H2,(H,28,29);2*4-13H,2-3H2,1H3/t;2*4-,5+,6+,7+/m.00/s1. The average Bonchev–Trinajstić information content (AvgIpc) is 3.16. The molecule has 1 heterocycles. The van der Waals surface area contributed by atoms with Crippen LogP contribution in [0.15, 0.2) is 48.7 Å². The van der Waals surface area contributed by atoms with E-state index < -0.39 is 103 Å². The predicted molar refractivity (Wildman–Crippen MR) is 188 cm³/mol. The summed E-state index contributed by atoms with van der Waals surface area (Å²) in [5, 5.41) is 97.2. The van der Waals surface area contributed by atoms with Crippen molar-refractivity contribution in [1.29, 1.82) is 0 Å². The number of nitrogens with one attached hydrogen (secondary N) is 3. The summed E-state index contributed by atoms with van der Waals surface area (Å²) in [7, 11) is 3.15. The third-order valence-electron chi connectivity index (χ3n) is 7.86. The number of carbonyl (C=O) groups is 1. The van der Waals surface area contributed by atoms with Crippen LogP contribution in [0.3, 0.4) is 0 Å². The zero-order valence-corrected chi connectivity index (χ0v) is 30.7. The molecule has 13 N–H and O–H groups in total. The van der Waals surface area contributed by atoms with Gasteiger partial charge in [0.1, 0.15) is 42.7 Å². The molecule has 1 aliphatic heterocycles. The van der Waals surface area contributed by atoms with Crippen molar-refractivity contribution in [3.8, 4) is 0 Å². The molecule has 0 aliphatic carbocycles. The van der Waals surface area contributed by atoms with Gasteiger partial charge in [-0.2, -0.15) is 26.3 Å². The van der Waals surface area contributed by atoms with E-state index in [-0.39, 0.29) is 29.7 Å². The van der Waals surface area contributed by atoms with Crippen LogP contribution in [0, 0.1) is 0 Å². The van der Waals surface area contributed by atoms with E-state index in [4.69, 9.17) is 57.2 Å². The third kappa shape index (κ3) is 16.4. The van der Waals surface area contributed by atoms with Crippen molar-refractivity contribution in [2.24, 2.45) is 0 Å². The highest BCUT2D eigenvalue weighted by molar-refractivity contribution is 6.31. The van der Waals surface area contributed by atoms with Gasteiger partial charge >= 0.3 is 12.4 Å². The summed E-state index contributed by atoms with van der Waals surface area (Å²) in [5.74, 6) is -0.905. The number of hydrogen-bond acceptors (Lipinski definition) is 14.